The summed E-state index contributed by atoms with van der Waals surface area (Å²) in [5, 5.41) is 11.1. The van der Waals surface area contributed by atoms with E-state index in [1.165, 1.54) is 23.9 Å². The molecule has 0 spiro atoms. The molecular formula is C18H16ClFN4O2. The number of amides is 1. The van der Waals surface area contributed by atoms with Crippen molar-refractivity contribution in [2.24, 2.45) is 0 Å². The van der Waals surface area contributed by atoms with Crippen LogP contribution in [0.5, 0.6) is 5.75 Å². The van der Waals surface area contributed by atoms with Gasteiger partial charge < -0.3 is 10.1 Å². The Morgan fingerprint density at radius 3 is 2.65 bits per heavy atom. The van der Waals surface area contributed by atoms with Gasteiger partial charge in [-0.3, -0.25) is 4.79 Å². The number of anilines is 1. The van der Waals surface area contributed by atoms with Gasteiger partial charge in [-0.2, -0.15) is 0 Å². The van der Waals surface area contributed by atoms with E-state index in [9.17, 15) is 9.18 Å². The van der Waals surface area contributed by atoms with Crippen molar-refractivity contribution in [3.63, 3.8) is 0 Å². The summed E-state index contributed by atoms with van der Waals surface area (Å²) < 4.78 is 19.9. The molecule has 26 heavy (non-hydrogen) atoms. The number of methoxy groups -OCH3 is 1. The van der Waals surface area contributed by atoms with Crippen molar-refractivity contribution in [2.75, 3.05) is 12.4 Å². The van der Waals surface area contributed by atoms with Crippen molar-refractivity contribution in [3.05, 3.63) is 64.2 Å². The van der Waals surface area contributed by atoms with Gasteiger partial charge in [0.05, 0.1) is 23.5 Å². The van der Waals surface area contributed by atoms with Gasteiger partial charge in [-0.05, 0) is 55.8 Å². The van der Waals surface area contributed by atoms with Crippen LogP contribution in [0.2, 0.25) is 5.02 Å². The van der Waals surface area contributed by atoms with E-state index in [0.717, 1.165) is 0 Å². The summed E-state index contributed by atoms with van der Waals surface area (Å²) in [7, 11) is 1.51. The van der Waals surface area contributed by atoms with E-state index in [-0.39, 0.29) is 11.5 Å². The van der Waals surface area contributed by atoms with Gasteiger partial charge in [-0.1, -0.05) is 16.8 Å². The Kier molecular flexibility index (Phi) is 4.90. The van der Waals surface area contributed by atoms with Crippen LogP contribution in [0.4, 0.5) is 10.1 Å². The molecule has 0 aliphatic heterocycles. The smallest absolute Gasteiger partial charge is 0.278 e. The third kappa shape index (κ3) is 3.39. The van der Waals surface area contributed by atoms with Crippen molar-refractivity contribution in [1.82, 2.24) is 15.0 Å². The van der Waals surface area contributed by atoms with E-state index >= 15 is 0 Å². The summed E-state index contributed by atoms with van der Waals surface area (Å²) in [4.78, 5) is 12.5. The van der Waals surface area contributed by atoms with Crippen LogP contribution in [0, 0.1) is 19.7 Å². The predicted octanol–water partition coefficient (Wildman–Crippen LogP) is 3.94. The fraction of sp³-hybridized carbons (Fsp3) is 0.167. The predicted molar refractivity (Wildman–Crippen MR) is 96.7 cm³/mol. The van der Waals surface area contributed by atoms with E-state index < -0.39 is 5.91 Å². The fourth-order valence-electron chi connectivity index (χ4n) is 2.56. The number of benzene rings is 2. The minimum Gasteiger partial charge on any atom is -0.495 e. The van der Waals surface area contributed by atoms with E-state index in [4.69, 9.17) is 16.3 Å². The maximum atomic E-state index is 13.3. The number of nitrogens with one attached hydrogen (secondary N) is 1. The molecule has 2 aromatic carbocycles. The molecule has 1 aromatic heterocycles. The summed E-state index contributed by atoms with van der Waals surface area (Å²) in [6.07, 6.45) is 0. The van der Waals surface area contributed by atoms with Crippen LogP contribution in [-0.4, -0.2) is 28.0 Å². The highest BCUT2D eigenvalue weighted by Crippen LogP contribution is 2.27. The van der Waals surface area contributed by atoms with Gasteiger partial charge in [-0.25, -0.2) is 9.07 Å². The number of carbonyl (C=O) groups is 1. The zero-order valence-corrected chi connectivity index (χ0v) is 15.1. The third-order valence-electron chi connectivity index (χ3n) is 3.91. The molecule has 0 atom stereocenters. The molecule has 0 saturated heterocycles. The average molecular weight is 375 g/mol. The van der Waals surface area contributed by atoms with Crippen molar-refractivity contribution < 1.29 is 13.9 Å². The van der Waals surface area contributed by atoms with E-state index in [2.05, 4.69) is 15.6 Å². The Morgan fingerprint density at radius 2 is 2.00 bits per heavy atom. The van der Waals surface area contributed by atoms with Crippen LogP contribution in [0.3, 0.4) is 0 Å². The molecular weight excluding hydrogens is 359 g/mol. The molecule has 3 aromatic rings. The molecule has 0 fully saturated rings. The van der Waals surface area contributed by atoms with Crippen molar-refractivity contribution in [1.29, 1.82) is 0 Å². The number of ether oxygens (including phenoxy) is 1. The molecule has 0 bridgehead atoms. The molecule has 0 unspecified atom stereocenters. The highest BCUT2D eigenvalue weighted by molar-refractivity contribution is 6.32. The second-order valence-corrected chi connectivity index (χ2v) is 6.08. The molecule has 0 aliphatic rings. The standard InChI is InChI=1S/C18H16ClFN4O2/c1-10-8-12(20)4-6-15(10)24-11(2)17(22-23-24)18(25)21-13-5-7-16(26-3)14(19)9-13/h4-9H,1-3H3,(H,21,25). The number of nitrogens with zero attached hydrogens (tertiary/aromatic N) is 3. The maximum Gasteiger partial charge on any atom is 0.278 e. The second kappa shape index (κ2) is 7.13. The van der Waals surface area contributed by atoms with Crippen LogP contribution in [0.25, 0.3) is 5.69 Å². The average Bonchev–Trinajstić information content (AvgIpc) is 2.96. The zero-order valence-electron chi connectivity index (χ0n) is 14.4. The molecule has 3 rings (SSSR count). The maximum absolute atomic E-state index is 13.3. The van der Waals surface area contributed by atoms with E-state index in [1.54, 1.807) is 38.1 Å². The highest BCUT2D eigenvalue weighted by atomic mass is 35.5. The molecule has 1 N–H and O–H groups in total. The number of carbonyl (C=O) groups excluding carboxylic acids is 1. The lowest BCUT2D eigenvalue weighted by atomic mass is 10.2. The largest absolute Gasteiger partial charge is 0.495 e. The molecule has 1 heterocycles. The molecule has 0 aliphatic carbocycles. The van der Waals surface area contributed by atoms with Gasteiger partial charge in [0, 0.05) is 5.69 Å². The van der Waals surface area contributed by atoms with Crippen LogP contribution in [0.1, 0.15) is 21.7 Å². The number of hydrogen-bond donors (Lipinski definition) is 1. The molecule has 6 nitrogen and oxygen atoms in total. The van der Waals surface area contributed by atoms with Crippen molar-refractivity contribution in [3.8, 4) is 11.4 Å². The van der Waals surface area contributed by atoms with E-state index in [0.29, 0.717) is 33.4 Å². The number of hydrogen-bond acceptors (Lipinski definition) is 4. The minimum absolute atomic E-state index is 0.167. The normalized spacial score (nSPS) is 10.7. The summed E-state index contributed by atoms with van der Waals surface area (Å²) in [6.45, 7) is 3.48. The van der Waals surface area contributed by atoms with Gasteiger partial charge >= 0.3 is 0 Å². The lowest BCUT2D eigenvalue weighted by Crippen LogP contribution is -2.14. The molecule has 0 saturated carbocycles. The van der Waals surface area contributed by atoms with Crippen molar-refractivity contribution in [2.45, 2.75) is 13.8 Å². The second-order valence-electron chi connectivity index (χ2n) is 5.67. The number of aryl methyl sites for hydroxylation is 1. The van der Waals surface area contributed by atoms with Gasteiger partial charge in [0.25, 0.3) is 5.91 Å². The summed E-state index contributed by atoms with van der Waals surface area (Å²) in [5.41, 5.74) is 2.56. The lowest BCUT2D eigenvalue weighted by molar-refractivity contribution is 0.102. The fourth-order valence-corrected chi connectivity index (χ4v) is 2.82. The molecule has 1 amide bonds. The van der Waals surface area contributed by atoms with Crippen LogP contribution in [0.15, 0.2) is 36.4 Å². The van der Waals surface area contributed by atoms with Gasteiger partial charge in [-0.15, -0.1) is 5.10 Å². The Bertz CT molecular complexity index is 987. The SMILES string of the molecule is COc1ccc(NC(=O)c2nnn(-c3ccc(F)cc3C)c2C)cc1Cl. The van der Waals surface area contributed by atoms with Gasteiger partial charge in [0.1, 0.15) is 11.6 Å². The first-order valence-corrected chi connectivity index (χ1v) is 8.12. The third-order valence-corrected chi connectivity index (χ3v) is 4.20. The van der Waals surface area contributed by atoms with Crippen LogP contribution < -0.4 is 10.1 Å². The quantitative estimate of drug-likeness (QED) is 0.751. The summed E-state index contributed by atoms with van der Waals surface area (Å²) in [6, 6.07) is 9.24. The minimum atomic E-state index is -0.422. The highest BCUT2D eigenvalue weighted by Gasteiger charge is 2.19. The number of halogens is 2. The van der Waals surface area contributed by atoms with Gasteiger partial charge in [0.2, 0.25) is 0 Å². The molecule has 134 valence electrons. The lowest BCUT2D eigenvalue weighted by Gasteiger charge is -2.08. The first-order valence-electron chi connectivity index (χ1n) is 7.74. The first-order chi connectivity index (χ1) is 12.4. The molecule has 0 radical (unpaired) electrons. The van der Waals surface area contributed by atoms with Crippen LogP contribution >= 0.6 is 11.6 Å². The molecule has 8 heteroatoms. The number of rotatable bonds is 4. The van der Waals surface area contributed by atoms with E-state index in [1.807, 2.05) is 0 Å². The topological polar surface area (TPSA) is 69.0 Å². The first kappa shape index (κ1) is 17.9. The Labute approximate surface area is 154 Å². The Morgan fingerprint density at radius 1 is 1.23 bits per heavy atom. The summed E-state index contributed by atoms with van der Waals surface area (Å²) >= 11 is 6.07. The monoisotopic (exact) mass is 374 g/mol. The Balaban J connectivity index is 1.87. The zero-order chi connectivity index (χ0) is 18.8. The van der Waals surface area contributed by atoms with Crippen molar-refractivity contribution >= 4 is 23.2 Å². The van der Waals surface area contributed by atoms with Crippen LogP contribution in [-0.2, 0) is 0 Å². The van der Waals surface area contributed by atoms with Gasteiger partial charge in [0.15, 0.2) is 5.69 Å². The number of aromatic nitrogens is 3. The Hall–Kier alpha value is -2.93. The summed E-state index contributed by atoms with van der Waals surface area (Å²) in [5.74, 6) is -0.244.